The van der Waals surface area contributed by atoms with Gasteiger partial charge in [0.2, 0.25) is 0 Å². The molecule has 0 saturated carbocycles. The van der Waals surface area contributed by atoms with Crippen LogP contribution in [0.25, 0.3) is 16.6 Å². The van der Waals surface area contributed by atoms with Crippen LogP contribution in [0, 0.1) is 11.3 Å². The Hall–Kier alpha value is -2.30. The number of nitrogens with zero attached hydrogens (tertiary/aromatic N) is 5. The molecule has 1 aliphatic heterocycles. The SMILES string of the molecule is CCCCSc1cc(-c2cnn(C3CCCNC3)c2)cn2ncc(C#N)c12. The summed E-state index contributed by atoms with van der Waals surface area (Å²) < 4.78 is 3.92. The van der Waals surface area contributed by atoms with Gasteiger partial charge in [0.1, 0.15) is 6.07 Å². The molecule has 1 aliphatic rings. The lowest BCUT2D eigenvalue weighted by Crippen LogP contribution is -2.31. The van der Waals surface area contributed by atoms with Gasteiger partial charge in [0, 0.05) is 35.0 Å². The van der Waals surface area contributed by atoms with E-state index in [9.17, 15) is 5.26 Å². The summed E-state index contributed by atoms with van der Waals surface area (Å²) in [7, 11) is 0. The number of pyridine rings is 1. The molecule has 1 saturated heterocycles. The molecule has 140 valence electrons. The maximum Gasteiger partial charge on any atom is 0.103 e. The van der Waals surface area contributed by atoms with E-state index in [4.69, 9.17) is 0 Å². The van der Waals surface area contributed by atoms with Crippen molar-refractivity contribution in [2.45, 2.75) is 43.5 Å². The van der Waals surface area contributed by atoms with Gasteiger partial charge in [-0.1, -0.05) is 13.3 Å². The van der Waals surface area contributed by atoms with Gasteiger partial charge in [-0.3, -0.25) is 4.68 Å². The lowest BCUT2D eigenvalue weighted by atomic mass is 10.1. The van der Waals surface area contributed by atoms with E-state index in [0.29, 0.717) is 11.6 Å². The van der Waals surface area contributed by atoms with Crippen LogP contribution in [0.3, 0.4) is 0 Å². The fraction of sp³-hybridized carbons (Fsp3) is 0.450. The molecule has 1 N–H and O–H groups in total. The van der Waals surface area contributed by atoms with E-state index in [1.165, 1.54) is 6.42 Å². The Balaban J connectivity index is 1.69. The fourth-order valence-electron chi connectivity index (χ4n) is 3.51. The normalized spacial score (nSPS) is 17.3. The van der Waals surface area contributed by atoms with E-state index < -0.39 is 0 Å². The second-order valence-electron chi connectivity index (χ2n) is 6.97. The van der Waals surface area contributed by atoms with Crippen molar-refractivity contribution in [3.63, 3.8) is 0 Å². The highest BCUT2D eigenvalue weighted by Gasteiger charge is 2.17. The number of rotatable bonds is 6. The molecule has 0 aromatic carbocycles. The summed E-state index contributed by atoms with van der Waals surface area (Å²) in [6, 6.07) is 4.87. The summed E-state index contributed by atoms with van der Waals surface area (Å²) in [5.74, 6) is 1.04. The minimum absolute atomic E-state index is 0.421. The molecule has 1 unspecified atom stereocenters. The predicted molar refractivity (Wildman–Crippen MR) is 108 cm³/mol. The highest BCUT2D eigenvalue weighted by Crippen LogP contribution is 2.32. The van der Waals surface area contributed by atoms with Gasteiger partial charge in [0.15, 0.2) is 0 Å². The predicted octanol–water partition coefficient (Wildman–Crippen LogP) is 3.89. The van der Waals surface area contributed by atoms with Crippen molar-refractivity contribution in [2.75, 3.05) is 18.8 Å². The molecule has 0 amide bonds. The first-order valence-corrected chi connectivity index (χ1v) is 10.6. The molecule has 4 heterocycles. The Bertz CT molecular complexity index is 961. The second kappa shape index (κ2) is 8.15. The molecular formula is C20H24N6S. The molecular weight excluding hydrogens is 356 g/mol. The minimum atomic E-state index is 0.421. The molecule has 0 spiro atoms. The average molecular weight is 381 g/mol. The lowest BCUT2D eigenvalue weighted by molar-refractivity contribution is 0.347. The standard InChI is InChI=1S/C20H24N6S/c1-2-3-7-27-19-8-15(13-26-20(19)16(9-21)10-24-26)17-11-23-25(14-17)18-5-4-6-22-12-18/h8,10-11,13-14,18,22H,2-7,12H2,1H3. The smallest absolute Gasteiger partial charge is 0.103 e. The summed E-state index contributed by atoms with van der Waals surface area (Å²) in [6.07, 6.45) is 12.4. The van der Waals surface area contributed by atoms with Crippen molar-refractivity contribution in [3.05, 3.63) is 36.4 Å². The Morgan fingerprint density at radius 1 is 1.30 bits per heavy atom. The average Bonchev–Trinajstić information content (AvgIpc) is 3.36. The van der Waals surface area contributed by atoms with Crippen molar-refractivity contribution >= 4 is 17.3 Å². The number of unbranched alkanes of at least 4 members (excludes halogenated alkanes) is 1. The highest BCUT2D eigenvalue weighted by atomic mass is 32.2. The topological polar surface area (TPSA) is 70.9 Å². The number of nitrogens with one attached hydrogen (secondary N) is 1. The molecule has 0 radical (unpaired) electrons. The van der Waals surface area contributed by atoms with Gasteiger partial charge >= 0.3 is 0 Å². The summed E-state index contributed by atoms with van der Waals surface area (Å²) in [4.78, 5) is 1.11. The molecule has 7 heteroatoms. The monoisotopic (exact) mass is 380 g/mol. The third kappa shape index (κ3) is 3.73. The maximum absolute atomic E-state index is 9.42. The summed E-state index contributed by atoms with van der Waals surface area (Å²) in [5, 5.41) is 21.9. The zero-order valence-electron chi connectivity index (χ0n) is 15.6. The van der Waals surface area contributed by atoms with Gasteiger partial charge in [-0.05, 0) is 37.6 Å². The van der Waals surface area contributed by atoms with Crippen LogP contribution in [0.4, 0.5) is 0 Å². The van der Waals surface area contributed by atoms with Gasteiger partial charge in [0.25, 0.3) is 0 Å². The number of nitriles is 1. The molecule has 1 atom stereocenters. The molecule has 3 aromatic rings. The van der Waals surface area contributed by atoms with Crippen LogP contribution in [0.1, 0.15) is 44.2 Å². The highest BCUT2D eigenvalue weighted by molar-refractivity contribution is 7.99. The van der Waals surface area contributed by atoms with Crippen molar-refractivity contribution < 1.29 is 0 Å². The van der Waals surface area contributed by atoms with E-state index in [1.54, 1.807) is 18.0 Å². The Morgan fingerprint density at radius 2 is 2.22 bits per heavy atom. The Kier molecular flexibility index (Phi) is 5.46. The summed E-state index contributed by atoms with van der Waals surface area (Å²) in [6.45, 7) is 4.27. The van der Waals surface area contributed by atoms with Crippen molar-refractivity contribution in [1.82, 2.24) is 24.7 Å². The van der Waals surface area contributed by atoms with Gasteiger partial charge in [0.05, 0.1) is 29.5 Å². The van der Waals surface area contributed by atoms with Gasteiger partial charge in [-0.25, -0.2) is 4.52 Å². The number of thioether (sulfide) groups is 1. The van der Waals surface area contributed by atoms with Gasteiger partial charge in [-0.15, -0.1) is 11.8 Å². The number of hydrogen-bond acceptors (Lipinski definition) is 5. The van der Waals surface area contributed by atoms with Crippen LogP contribution in [-0.4, -0.2) is 38.2 Å². The maximum atomic E-state index is 9.42. The van der Waals surface area contributed by atoms with Crippen LogP contribution in [0.5, 0.6) is 0 Å². The first-order valence-electron chi connectivity index (χ1n) is 9.59. The summed E-state index contributed by atoms with van der Waals surface area (Å²) in [5.41, 5.74) is 3.72. The second-order valence-corrected chi connectivity index (χ2v) is 8.10. The quantitative estimate of drug-likeness (QED) is 0.519. The van der Waals surface area contributed by atoms with Gasteiger partial charge < -0.3 is 5.32 Å². The van der Waals surface area contributed by atoms with Crippen LogP contribution < -0.4 is 5.32 Å². The first-order chi connectivity index (χ1) is 13.3. The fourth-order valence-corrected chi connectivity index (χ4v) is 4.71. The molecule has 1 fully saturated rings. The van der Waals surface area contributed by atoms with Gasteiger partial charge in [-0.2, -0.15) is 15.5 Å². The number of piperidine rings is 1. The van der Waals surface area contributed by atoms with E-state index >= 15 is 0 Å². The Morgan fingerprint density at radius 3 is 3.00 bits per heavy atom. The van der Waals surface area contributed by atoms with Crippen LogP contribution in [0.2, 0.25) is 0 Å². The molecule has 0 aliphatic carbocycles. The third-order valence-electron chi connectivity index (χ3n) is 5.03. The molecule has 3 aromatic heterocycles. The van der Waals surface area contributed by atoms with Crippen molar-refractivity contribution in [1.29, 1.82) is 5.26 Å². The zero-order chi connectivity index (χ0) is 18.6. The van der Waals surface area contributed by atoms with Crippen molar-refractivity contribution in [2.24, 2.45) is 0 Å². The van der Waals surface area contributed by atoms with E-state index in [-0.39, 0.29) is 0 Å². The minimum Gasteiger partial charge on any atom is -0.315 e. The number of aromatic nitrogens is 4. The van der Waals surface area contributed by atoms with E-state index in [2.05, 4.69) is 45.5 Å². The Labute approximate surface area is 163 Å². The number of fused-ring (bicyclic) bond motifs is 1. The molecule has 6 nitrogen and oxygen atoms in total. The zero-order valence-corrected chi connectivity index (χ0v) is 16.4. The van der Waals surface area contributed by atoms with E-state index in [0.717, 1.165) is 59.6 Å². The summed E-state index contributed by atoms with van der Waals surface area (Å²) >= 11 is 1.80. The molecule has 27 heavy (non-hydrogen) atoms. The largest absolute Gasteiger partial charge is 0.315 e. The van der Waals surface area contributed by atoms with Crippen molar-refractivity contribution in [3.8, 4) is 17.2 Å². The molecule has 4 rings (SSSR count). The third-order valence-corrected chi connectivity index (χ3v) is 6.15. The number of hydrogen-bond donors (Lipinski definition) is 1. The van der Waals surface area contributed by atoms with Crippen LogP contribution >= 0.6 is 11.8 Å². The molecule has 0 bridgehead atoms. The lowest BCUT2D eigenvalue weighted by Gasteiger charge is -2.22. The van der Waals surface area contributed by atoms with Crippen LogP contribution in [-0.2, 0) is 0 Å². The first kappa shape index (κ1) is 18.1. The van der Waals surface area contributed by atoms with E-state index in [1.807, 2.05) is 16.9 Å². The van der Waals surface area contributed by atoms with Crippen LogP contribution in [0.15, 0.2) is 35.7 Å².